The average Bonchev–Trinajstić information content (AvgIpc) is 2.48. The summed E-state index contributed by atoms with van der Waals surface area (Å²) in [6.45, 7) is 1.40. The van der Waals surface area contributed by atoms with Crippen molar-refractivity contribution in [1.29, 1.82) is 0 Å². The highest BCUT2D eigenvalue weighted by atomic mass is 79.9. The van der Waals surface area contributed by atoms with E-state index in [-0.39, 0.29) is 11.7 Å². The Bertz CT molecular complexity index is 559. The molecule has 21 heavy (non-hydrogen) atoms. The molecule has 0 radical (unpaired) electrons. The van der Waals surface area contributed by atoms with Crippen LogP contribution in [0, 0.1) is 5.82 Å². The van der Waals surface area contributed by atoms with Gasteiger partial charge in [0.05, 0.1) is 6.61 Å². The van der Waals surface area contributed by atoms with Gasteiger partial charge in [-0.2, -0.15) is 0 Å². The molecule has 2 rings (SSSR count). The first kappa shape index (κ1) is 16.0. The summed E-state index contributed by atoms with van der Waals surface area (Å²) < 4.78 is 20.1. The zero-order chi connectivity index (χ0) is 15.1. The van der Waals surface area contributed by atoms with Crippen LogP contribution in [0.3, 0.4) is 0 Å². The standard InChI is InChI=1S/C17H19BrFNO/c1-20-12-14(13-3-2-4-16(19)11-13)9-10-21-17-7-5-15(18)6-8-17/h2-8,11,14,20H,9-10,12H2,1H3. The number of benzene rings is 2. The lowest BCUT2D eigenvalue weighted by Crippen LogP contribution is -2.19. The van der Waals surface area contributed by atoms with Crippen molar-refractivity contribution in [2.45, 2.75) is 12.3 Å². The Hall–Kier alpha value is -1.39. The molecule has 1 N–H and O–H groups in total. The lowest BCUT2D eigenvalue weighted by atomic mass is 9.96. The highest BCUT2D eigenvalue weighted by Gasteiger charge is 2.11. The van der Waals surface area contributed by atoms with Crippen LogP contribution < -0.4 is 10.1 Å². The largest absolute Gasteiger partial charge is 0.494 e. The fourth-order valence-electron chi connectivity index (χ4n) is 2.24. The fraction of sp³-hybridized carbons (Fsp3) is 0.294. The first-order valence-electron chi connectivity index (χ1n) is 6.97. The highest BCUT2D eigenvalue weighted by molar-refractivity contribution is 9.10. The number of ether oxygens (including phenoxy) is 1. The van der Waals surface area contributed by atoms with Crippen molar-refractivity contribution in [2.24, 2.45) is 0 Å². The molecule has 1 unspecified atom stereocenters. The maximum atomic E-state index is 13.3. The van der Waals surface area contributed by atoms with Gasteiger partial charge in [-0.25, -0.2) is 4.39 Å². The molecule has 0 aliphatic heterocycles. The minimum absolute atomic E-state index is 0.192. The van der Waals surface area contributed by atoms with Gasteiger partial charge in [-0.15, -0.1) is 0 Å². The third-order valence-corrected chi connectivity index (χ3v) is 3.85. The monoisotopic (exact) mass is 351 g/mol. The van der Waals surface area contributed by atoms with Crippen LogP contribution in [0.4, 0.5) is 4.39 Å². The van der Waals surface area contributed by atoms with Gasteiger partial charge in [-0.3, -0.25) is 0 Å². The lowest BCUT2D eigenvalue weighted by molar-refractivity contribution is 0.296. The Morgan fingerprint density at radius 2 is 1.95 bits per heavy atom. The quantitative estimate of drug-likeness (QED) is 0.800. The zero-order valence-corrected chi connectivity index (χ0v) is 13.6. The smallest absolute Gasteiger partial charge is 0.123 e. The van der Waals surface area contributed by atoms with E-state index in [1.54, 1.807) is 12.1 Å². The van der Waals surface area contributed by atoms with Gasteiger partial charge in [-0.05, 0) is 61.3 Å². The second-order valence-corrected chi connectivity index (χ2v) is 5.82. The Labute approximate surface area is 133 Å². The SMILES string of the molecule is CNCC(CCOc1ccc(Br)cc1)c1cccc(F)c1. The average molecular weight is 352 g/mol. The van der Waals surface area contributed by atoms with Crippen molar-refractivity contribution in [3.8, 4) is 5.75 Å². The highest BCUT2D eigenvalue weighted by Crippen LogP contribution is 2.21. The molecule has 0 aromatic heterocycles. The van der Waals surface area contributed by atoms with Gasteiger partial charge in [0.25, 0.3) is 0 Å². The van der Waals surface area contributed by atoms with Gasteiger partial charge in [-0.1, -0.05) is 28.1 Å². The Kier molecular flexibility index (Phi) is 6.21. The van der Waals surface area contributed by atoms with E-state index in [4.69, 9.17) is 4.74 Å². The van der Waals surface area contributed by atoms with Crippen LogP contribution in [0.2, 0.25) is 0 Å². The van der Waals surface area contributed by atoms with Crippen LogP contribution in [0.5, 0.6) is 5.75 Å². The van der Waals surface area contributed by atoms with Crippen LogP contribution in [0.1, 0.15) is 17.9 Å². The predicted octanol–water partition coefficient (Wildman–Crippen LogP) is 4.36. The molecule has 0 aliphatic rings. The summed E-state index contributed by atoms with van der Waals surface area (Å²) in [5.74, 6) is 0.893. The summed E-state index contributed by atoms with van der Waals surface area (Å²) in [6, 6.07) is 14.5. The van der Waals surface area contributed by atoms with Crippen LogP contribution in [-0.2, 0) is 0 Å². The molecule has 0 bridgehead atoms. The molecule has 0 amide bonds. The maximum Gasteiger partial charge on any atom is 0.123 e. The molecule has 0 aliphatic carbocycles. The van der Waals surface area contributed by atoms with Gasteiger partial charge in [0, 0.05) is 11.0 Å². The first-order chi connectivity index (χ1) is 10.2. The zero-order valence-electron chi connectivity index (χ0n) is 12.0. The molecule has 0 fully saturated rings. The Morgan fingerprint density at radius 1 is 1.19 bits per heavy atom. The summed E-state index contributed by atoms with van der Waals surface area (Å²) in [5.41, 5.74) is 1.00. The molecule has 0 saturated heterocycles. The molecule has 1 atom stereocenters. The molecular weight excluding hydrogens is 333 g/mol. The van der Waals surface area contributed by atoms with Crippen molar-refractivity contribution >= 4 is 15.9 Å². The molecule has 2 aromatic rings. The minimum atomic E-state index is -0.192. The van der Waals surface area contributed by atoms with E-state index in [0.717, 1.165) is 28.8 Å². The van der Waals surface area contributed by atoms with E-state index in [9.17, 15) is 4.39 Å². The lowest BCUT2D eigenvalue weighted by Gasteiger charge is -2.17. The normalized spacial score (nSPS) is 12.1. The van der Waals surface area contributed by atoms with Crippen molar-refractivity contribution in [3.05, 3.63) is 64.4 Å². The van der Waals surface area contributed by atoms with E-state index in [1.165, 1.54) is 6.07 Å². The number of rotatable bonds is 7. The second kappa shape index (κ2) is 8.15. The molecule has 0 saturated carbocycles. The van der Waals surface area contributed by atoms with E-state index < -0.39 is 0 Å². The summed E-state index contributed by atoms with van der Waals surface area (Å²) in [4.78, 5) is 0. The van der Waals surface area contributed by atoms with Crippen molar-refractivity contribution in [1.82, 2.24) is 5.32 Å². The molecule has 2 nitrogen and oxygen atoms in total. The number of likely N-dealkylation sites (N-methyl/N-ethyl adjacent to an activating group) is 1. The van der Waals surface area contributed by atoms with Gasteiger partial charge in [0.2, 0.25) is 0 Å². The molecule has 2 aromatic carbocycles. The summed E-state index contributed by atoms with van der Waals surface area (Å²) in [7, 11) is 1.90. The van der Waals surface area contributed by atoms with Gasteiger partial charge >= 0.3 is 0 Å². The molecule has 4 heteroatoms. The van der Waals surface area contributed by atoms with Crippen molar-refractivity contribution in [2.75, 3.05) is 20.2 Å². The number of halogens is 2. The minimum Gasteiger partial charge on any atom is -0.494 e. The topological polar surface area (TPSA) is 21.3 Å². The predicted molar refractivity (Wildman–Crippen MR) is 87.3 cm³/mol. The van der Waals surface area contributed by atoms with E-state index in [0.29, 0.717) is 6.61 Å². The number of hydrogen-bond acceptors (Lipinski definition) is 2. The van der Waals surface area contributed by atoms with Gasteiger partial charge in [0.1, 0.15) is 11.6 Å². The van der Waals surface area contributed by atoms with Gasteiger partial charge in [0.15, 0.2) is 0 Å². The number of hydrogen-bond donors (Lipinski definition) is 1. The summed E-state index contributed by atoms with van der Waals surface area (Å²) >= 11 is 3.40. The van der Waals surface area contributed by atoms with Crippen LogP contribution in [0.15, 0.2) is 53.0 Å². The molecular formula is C17H19BrFNO. The first-order valence-corrected chi connectivity index (χ1v) is 7.77. The van der Waals surface area contributed by atoms with Crippen molar-refractivity contribution in [3.63, 3.8) is 0 Å². The summed E-state index contributed by atoms with van der Waals surface area (Å²) in [5, 5.41) is 3.16. The Morgan fingerprint density at radius 3 is 2.62 bits per heavy atom. The van der Waals surface area contributed by atoms with E-state index >= 15 is 0 Å². The maximum absolute atomic E-state index is 13.3. The second-order valence-electron chi connectivity index (χ2n) is 4.90. The third-order valence-electron chi connectivity index (χ3n) is 3.32. The van der Waals surface area contributed by atoms with E-state index in [2.05, 4.69) is 21.2 Å². The Balaban J connectivity index is 1.92. The molecule has 0 spiro atoms. The van der Waals surface area contributed by atoms with Crippen LogP contribution in [0.25, 0.3) is 0 Å². The van der Waals surface area contributed by atoms with E-state index in [1.807, 2.05) is 37.4 Å². The van der Waals surface area contributed by atoms with Gasteiger partial charge < -0.3 is 10.1 Å². The molecule has 112 valence electrons. The van der Waals surface area contributed by atoms with Crippen molar-refractivity contribution < 1.29 is 9.13 Å². The van der Waals surface area contributed by atoms with Crippen LogP contribution >= 0.6 is 15.9 Å². The third kappa shape index (κ3) is 5.14. The number of nitrogens with one attached hydrogen (secondary N) is 1. The van der Waals surface area contributed by atoms with Crippen LogP contribution in [-0.4, -0.2) is 20.2 Å². The summed E-state index contributed by atoms with van der Waals surface area (Å²) in [6.07, 6.45) is 0.834. The molecule has 0 heterocycles. The fourth-order valence-corrected chi connectivity index (χ4v) is 2.51.